The van der Waals surface area contributed by atoms with Crippen LogP contribution in [0.2, 0.25) is 0 Å². The zero-order valence-electron chi connectivity index (χ0n) is 8.92. The van der Waals surface area contributed by atoms with Crippen LogP contribution in [0.3, 0.4) is 0 Å². The van der Waals surface area contributed by atoms with E-state index in [1.807, 2.05) is 36.4 Å². The van der Waals surface area contributed by atoms with E-state index < -0.39 is 11.9 Å². The van der Waals surface area contributed by atoms with Gasteiger partial charge in [0, 0.05) is 13.0 Å². The molecule has 82 valence electrons. The Hall–Kier alpha value is -2.16. The van der Waals surface area contributed by atoms with Crippen LogP contribution >= 0.6 is 0 Å². The van der Waals surface area contributed by atoms with Gasteiger partial charge < -0.3 is 4.74 Å². The van der Waals surface area contributed by atoms with Gasteiger partial charge in [0.2, 0.25) is 0 Å². The summed E-state index contributed by atoms with van der Waals surface area (Å²) in [6.07, 6.45) is 6.27. The number of hydrogen-bond acceptors (Lipinski definition) is 3. The lowest BCUT2D eigenvalue weighted by molar-refractivity contribution is -0.154. The standard InChI is InChI=1S/C13H12O3/c1-11(14)16-13(15)10-6-5-9-12-7-3-2-4-8-12/h2-10H,1H3. The lowest BCUT2D eigenvalue weighted by Crippen LogP contribution is -2.04. The normalized spacial score (nSPS) is 10.8. The molecule has 3 heteroatoms. The van der Waals surface area contributed by atoms with Crippen molar-refractivity contribution in [3.05, 3.63) is 54.1 Å². The molecule has 0 radical (unpaired) electrons. The van der Waals surface area contributed by atoms with Crippen LogP contribution < -0.4 is 0 Å². The minimum atomic E-state index is -0.662. The molecule has 0 spiro atoms. The predicted octanol–water partition coefficient (Wildman–Crippen LogP) is 2.35. The minimum absolute atomic E-state index is 0.610. The molecule has 1 aromatic carbocycles. The Morgan fingerprint density at radius 3 is 2.44 bits per heavy atom. The van der Waals surface area contributed by atoms with E-state index in [9.17, 15) is 9.59 Å². The van der Waals surface area contributed by atoms with Gasteiger partial charge in [-0.2, -0.15) is 0 Å². The van der Waals surface area contributed by atoms with Crippen LogP contribution in [0.4, 0.5) is 0 Å². The van der Waals surface area contributed by atoms with Gasteiger partial charge in [-0.15, -0.1) is 0 Å². The van der Waals surface area contributed by atoms with Crippen molar-refractivity contribution in [1.82, 2.24) is 0 Å². The van der Waals surface area contributed by atoms with Crippen molar-refractivity contribution in [2.24, 2.45) is 0 Å². The Labute approximate surface area is 94.0 Å². The van der Waals surface area contributed by atoms with E-state index in [2.05, 4.69) is 4.74 Å². The van der Waals surface area contributed by atoms with E-state index in [0.717, 1.165) is 5.56 Å². The van der Waals surface area contributed by atoms with Gasteiger partial charge in [0.25, 0.3) is 0 Å². The Kier molecular flexibility index (Phi) is 4.73. The summed E-state index contributed by atoms with van der Waals surface area (Å²) in [6.45, 7) is 1.19. The Morgan fingerprint density at radius 1 is 1.12 bits per heavy atom. The molecule has 1 aromatic rings. The van der Waals surface area contributed by atoms with Crippen molar-refractivity contribution >= 4 is 18.0 Å². The molecule has 0 fully saturated rings. The van der Waals surface area contributed by atoms with Crippen LogP contribution in [-0.2, 0) is 14.3 Å². The average Bonchev–Trinajstić information content (AvgIpc) is 2.25. The zero-order valence-corrected chi connectivity index (χ0v) is 8.92. The fourth-order valence-electron chi connectivity index (χ4n) is 1.04. The highest BCUT2D eigenvalue weighted by molar-refractivity contribution is 5.91. The number of ether oxygens (including phenoxy) is 1. The van der Waals surface area contributed by atoms with Crippen molar-refractivity contribution in [1.29, 1.82) is 0 Å². The molecular weight excluding hydrogens is 204 g/mol. The number of esters is 2. The van der Waals surface area contributed by atoms with Crippen molar-refractivity contribution in [2.75, 3.05) is 0 Å². The van der Waals surface area contributed by atoms with Crippen LogP contribution in [0, 0.1) is 0 Å². The lowest BCUT2D eigenvalue weighted by atomic mass is 10.2. The first-order chi connectivity index (χ1) is 7.68. The molecule has 0 amide bonds. The van der Waals surface area contributed by atoms with Gasteiger partial charge in [0.1, 0.15) is 0 Å². The van der Waals surface area contributed by atoms with Gasteiger partial charge in [-0.3, -0.25) is 4.79 Å². The van der Waals surface area contributed by atoms with Crippen molar-refractivity contribution in [3.8, 4) is 0 Å². The molecule has 0 N–H and O–H groups in total. The number of benzene rings is 1. The molecule has 0 saturated heterocycles. The van der Waals surface area contributed by atoms with Gasteiger partial charge in [-0.05, 0) is 5.56 Å². The van der Waals surface area contributed by atoms with E-state index >= 15 is 0 Å². The molecule has 0 unspecified atom stereocenters. The fraction of sp³-hybridized carbons (Fsp3) is 0.0769. The molecule has 0 atom stereocenters. The third kappa shape index (κ3) is 4.91. The summed E-state index contributed by atoms with van der Waals surface area (Å²) in [5, 5.41) is 0. The van der Waals surface area contributed by atoms with Crippen LogP contribution in [0.1, 0.15) is 12.5 Å². The molecule has 0 aliphatic heterocycles. The van der Waals surface area contributed by atoms with Crippen LogP contribution in [0.25, 0.3) is 6.08 Å². The molecular formula is C13H12O3. The van der Waals surface area contributed by atoms with E-state index in [-0.39, 0.29) is 0 Å². The molecule has 0 aromatic heterocycles. The third-order valence-electron chi connectivity index (χ3n) is 1.68. The number of allylic oxidation sites excluding steroid dienone is 2. The second-order valence-corrected chi connectivity index (χ2v) is 3.04. The summed E-state index contributed by atoms with van der Waals surface area (Å²) in [5.41, 5.74) is 1.03. The van der Waals surface area contributed by atoms with Crippen molar-refractivity contribution < 1.29 is 14.3 Å². The van der Waals surface area contributed by atoms with Crippen LogP contribution in [0.5, 0.6) is 0 Å². The van der Waals surface area contributed by atoms with Gasteiger partial charge >= 0.3 is 11.9 Å². The van der Waals surface area contributed by atoms with Gasteiger partial charge in [-0.25, -0.2) is 4.79 Å². The van der Waals surface area contributed by atoms with Gasteiger partial charge in [-0.1, -0.05) is 48.6 Å². The SMILES string of the molecule is CC(=O)OC(=O)C=CC=Cc1ccccc1. The quantitative estimate of drug-likeness (QED) is 0.337. The highest BCUT2D eigenvalue weighted by Crippen LogP contribution is 2.00. The Morgan fingerprint density at radius 2 is 1.81 bits per heavy atom. The summed E-state index contributed by atoms with van der Waals surface area (Å²) < 4.78 is 4.30. The van der Waals surface area contributed by atoms with E-state index in [0.29, 0.717) is 0 Å². The fourth-order valence-corrected chi connectivity index (χ4v) is 1.04. The predicted molar refractivity (Wildman–Crippen MR) is 61.4 cm³/mol. The summed E-state index contributed by atoms with van der Waals surface area (Å²) in [4.78, 5) is 21.3. The molecule has 0 saturated carbocycles. The minimum Gasteiger partial charge on any atom is -0.390 e. The molecule has 3 nitrogen and oxygen atoms in total. The van der Waals surface area contributed by atoms with Crippen molar-refractivity contribution in [2.45, 2.75) is 6.92 Å². The van der Waals surface area contributed by atoms with E-state index in [1.54, 1.807) is 6.08 Å². The van der Waals surface area contributed by atoms with Crippen LogP contribution in [-0.4, -0.2) is 11.9 Å². The first kappa shape index (κ1) is 11.9. The maximum atomic E-state index is 10.9. The van der Waals surface area contributed by atoms with Gasteiger partial charge in [0.05, 0.1) is 0 Å². The number of rotatable bonds is 3. The number of carbonyl (C=O) groups is 2. The molecule has 0 aliphatic rings. The van der Waals surface area contributed by atoms with Crippen LogP contribution in [0.15, 0.2) is 48.6 Å². The molecule has 0 heterocycles. The maximum Gasteiger partial charge on any atom is 0.338 e. The first-order valence-corrected chi connectivity index (χ1v) is 4.80. The van der Waals surface area contributed by atoms with Gasteiger partial charge in [0.15, 0.2) is 0 Å². The van der Waals surface area contributed by atoms with E-state index in [1.165, 1.54) is 19.1 Å². The third-order valence-corrected chi connectivity index (χ3v) is 1.68. The summed E-state index contributed by atoms with van der Waals surface area (Å²) in [6, 6.07) is 9.66. The summed E-state index contributed by atoms with van der Waals surface area (Å²) in [7, 11) is 0. The summed E-state index contributed by atoms with van der Waals surface area (Å²) >= 11 is 0. The van der Waals surface area contributed by atoms with E-state index in [4.69, 9.17) is 0 Å². The molecule has 1 rings (SSSR count). The second-order valence-electron chi connectivity index (χ2n) is 3.04. The topological polar surface area (TPSA) is 43.4 Å². The first-order valence-electron chi connectivity index (χ1n) is 4.80. The highest BCUT2D eigenvalue weighted by Gasteiger charge is 1.98. The number of carbonyl (C=O) groups excluding carboxylic acids is 2. The Bertz CT molecular complexity index is 416. The zero-order chi connectivity index (χ0) is 11.8. The second kappa shape index (κ2) is 6.35. The monoisotopic (exact) mass is 216 g/mol. The highest BCUT2D eigenvalue weighted by atomic mass is 16.6. The largest absolute Gasteiger partial charge is 0.390 e. The molecule has 0 aliphatic carbocycles. The molecule has 16 heavy (non-hydrogen) atoms. The smallest absolute Gasteiger partial charge is 0.338 e. The number of hydrogen-bond donors (Lipinski definition) is 0. The average molecular weight is 216 g/mol. The molecule has 0 bridgehead atoms. The Balaban J connectivity index is 2.45. The lowest BCUT2D eigenvalue weighted by Gasteiger charge is -1.91. The summed E-state index contributed by atoms with van der Waals surface area (Å²) in [5.74, 6) is -1.27. The maximum absolute atomic E-state index is 10.9. The van der Waals surface area contributed by atoms with Crippen molar-refractivity contribution in [3.63, 3.8) is 0 Å².